The Hall–Kier alpha value is -0.640. The van der Waals surface area contributed by atoms with Crippen LogP contribution in [-0.2, 0) is 0 Å². The van der Waals surface area contributed by atoms with Crippen LogP contribution >= 0.6 is 11.6 Å². The fourth-order valence-corrected chi connectivity index (χ4v) is 4.03. The molecule has 1 aliphatic carbocycles. The average Bonchev–Trinajstić information content (AvgIpc) is 2.41. The van der Waals surface area contributed by atoms with Crippen molar-refractivity contribution in [3.05, 3.63) is 34.6 Å². The SMILES string of the molecule is O[C@@H]1CNC(c2c(F)cccc2Cl)C2CCCCC21. The Balaban J connectivity index is 1.95. The molecule has 1 saturated heterocycles. The zero-order valence-electron chi connectivity index (χ0n) is 10.8. The zero-order valence-corrected chi connectivity index (χ0v) is 11.5. The third-order valence-corrected chi connectivity index (χ3v) is 4.98. The summed E-state index contributed by atoms with van der Waals surface area (Å²) < 4.78 is 14.1. The summed E-state index contributed by atoms with van der Waals surface area (Å²) in [5.74, 6) is 0.313. The van der Waals surface area contributed by atoms with Crippen LogP contribution in [0.5, 0.6) is 0 Å². The fraction of sp³-hybridized carbons (Fsp3) is 0.600. The van der Waals surface area contributed by atoms with Gasteiger partial charge < -0.3 is 10.4 Å². The van der Waals surface area contributed by atoms with Crippen LogP contribution in [-0.4, -0.2) is 17.8 Å². The first-order valence-corrected chi connectivity index (χ1v) is 7.41. The number of aliphatic hydroxyl groups is 1. The lowest BCUT2D eigenvalue weighted by Crippen LogP contribution is -2.50. The summed E-state index contributed by atoms with van der Waals surface area (Å²) >= 11 is 6.19. The van der Waals surface area contributed by atoms with Gasteiger partial charge in [-0.2, -0.15) is 0 Å². The lowest BCUT2D eigenvalue weighted by molar-refractivity contribution is -0.00171. The van der Waals surface area contributed by atoms with E-state index >= 15 is 0 Å². The second-order valence-electron chi connectivity index (χ2n) is 5.70. The summed E-state index contributed by atoms with van der Waals surface area (Å²) in [6, 6.07) is 4.77. The van der Waals surface area contributed by atoms with Crippen molar-refractivity contribution in [2.45, 2.75) is 37.8 Å². The zero-order chi connectivity index (χ0) is 13.4. The number of piperidine rings is 1. The quantitative estimate of drug-likeness (QED) is 0.829. The van der Waals surface area contributed by atoms with Crippen LogP contribution in [0.1, 0.15) is 37.3 Å². The maximum atomic E-state index is 14.1. The van der Waals surface area contributed by atoms with E-state index in [2.05, 4.69) is 5.32 Å². The van der Waals surface area contributed by atoms with E-state index in [1.807, 2.05) is 0 Å². The Morgan fingerprint density at radius 2 is 1.95 bits per heavy atom. The van der Waals surface area contributed by atoms with E-state index in [0.717, 1.165) is 25.7 Å². The Labute approximate surface area is 118 Å². The van der Waals surface area contributed by atoms with Gasteiger partial charge in [0, 0.05) is 23.2 Å². The van der Waals surface area contributed by atoms with Crippen molar-refractivity contribution < 1.29 is 9.50 Å². The first-order chi connectivity index (χ1) is 9.18. The average molecular weight is 284 g/mol. The van der Waals surface area contributed by atoms with Gasteiger partial charge in [0.05, 0.1) is 6.10 Å². The molecule has 19 heavy (non-hydrogen) atoms. The fourth-order valence-electron chi connectivity index (χ4n) is 3.75. The Morgan fingerprint density at radius 1 is 1.21 bits per heavy atom. The lowest BCUT2D eigenvalue weighted by Gasteiger charge is -2.45. The molecule has 4 heteroatoms. The van der Waals surface area contributed by atoms with Crippen LogP contribution in [0.2, 0.25) is 5.02 Å². The van der Waals surface area contributed by atoms with E-state index in [1.165, 1.54) is 6.07 Å². The molecule has 1 aromatic carbocycles. The molecule has 1 aromatic rings. The van der Waals surface area contributed by atoms with Gasteiger partial charge in [0.2, 0.25) is 0 Å². The highest BCUT2D eigenvalue weighted by Gasteiger charge is 2.41. The third-order valence-electron chi connectivity index (χ3n) is 4.65. The molecule has 4 atom stereocenters. The van der Waals surface area contributed by atoms with Crippen molar-refractivity contribution in [2.24, 2.45) is 11.8 Å². The van der Waals surface area contributed by atoms with Crippen LogP contribution in [0.15, 0.2) is 18.2 Å². The number of halogens is 2. The van der Waals surface area contributed by atoms with Gasteiger partial charge in [-0.15, -0.1) is 0 Å². The van der Waals surface area contributed by atoms with Crippen molar-refractivity contribution >= 4 is 11.6 Å². The lowest BCUT2D eigenvalue weighted by atomic mass is 9.69. The van der Waals surface area contributed by atoms with E-state index in [1.54, 1.807) is 12.1 Å². The topological polar surface area (TPSA) is 32.3 Å². The molecule has 104 valence electrons. The number of hydrogen-bond donors (Lipinski definition) is 2. The van der Waals surface area contributed by atoms with Crippen molar-refractivity contribution in [1.82, 2.24) is 5.32 Å². The highest BCUT2D eigenvalue weighted by atomic mass is 35.5. The molecule has 0 aromatic heterocycles. The summed E-state index contributed by atoms with van der Waals surface area (Å²) in [4.78, 5) is 0. The van der Waals surface area contributed by atoms with Gasteiger partial charge in [-0.05, 0) is 36.8 Å². The van der Waals surface area contributed by atoms with Gasteiger partial charge in [0.1, 0.15) is 5.82 Å². The van der Waals surface area contributed by atoms with Crippen molar-refractivity contribution in [3.8, 4) is 0 Å². The highest BCUT2D eigenvalue weighted by Crippen LogP contribution is 2.44. The molecule has 0 spiro atoms. The van der Waals surface area contributed by atoms with E-state index in [0.29, 0.717) is 17.1 Å². The molecular formula is C15H19ClFNO. The number of nitrogens with one attached hydrogen (secondary N) is 1. The van der Waals surface area contributed by atoms with Crippen molar-refractivity contribution in [2.75, 3.05) is 6.54 Å². The van der Waals surface area contributed by atoms with Crippen LogP contribution in [0.25, 0.3) is 0 Å². The number of rotatable bonds is 1. The molecule has 2 N–H and O–H groups in total. The standard InChI is InChI=1S/C15H19ClFNO/c16-11-6-3-7-12(17)14(11)15-10-5-2-1-4-9(10)13(19)8-18-15/h3,6-7,9-10,13,15,18-19H,1-2,4-5,8H2/t9?,10?,13-,15?/m1/s1. The second kappa shape index (κ2) is 5.39. The third kappa shape index (κ3) is 2.39. The van der Waals surface area contributed by atoms with Gasteiger partial charge >= 0.3 is 0 Å². The van der Waals surface area contributed by atoms with Gasteiger partial charge in [-0.1, -0.05) is 30.5 Å². The van der Waals surface area contributed by atoms with E-state index in [-0.39, 0.29) is 29.8 Å². The first-order valence-electron chi connectivity index (χ1n) is 7.04. The molecule has 1 aliphatic heterocycles. The van der Waals surface area contributed by atoms with Gasteiger partial charge in [0.25, 0.3) is 0 Å². The molecule has 0 amide bonds. The largest absolute Gasteiger partial charge is 0.392 e. The summed E-state index contributed by atoms with van der Waals surface area (Å²) in [5, 5.41) is 13.9. The predicted octanol–water partition coefficient (Wildman–Crippen LogP) is 3.29. The highest BCUT2D eigenvalue weighted by molar-refractivity contribution is 6.31. The van der Waals surface area contributed by atoms with Crippen LogP contribution in [0.4, 0.5) is 4.39 Å². The van der Waals surface area contributed by atoms with Gasteiger partial charge in [0.15, 0.2) is 0 Å². The molecular weight excluding hydrogens is 265 g/mol. The minimum atomic E-state index is -0.313. The van der Waals surface area contributed by atoms with Crippen molar-refractivity contribution in [1.29, 1.82) is 0 Å². The summed E-state index contributed by atoms with van der Waals surface area (Å²) in [7, 11) is 0. The monoisotopic (exact) mass is 283 g/mol. The first kappa shape index (κ1) is 13.3. The minimum absolute atomic E-state index is 0.0672. The molecule has 1 saturated carbocycles. The van der Waals surface area contributed by atoms with E-state index in [4.69, 9.17) is 11.6 Å². The summed E-state index contributed by atoms with van der Waals surface area (Å²) in [6.45, 7) is 0.524. The van der Waals surface area contributed by atoms with Crippen LogP contribution in [0.3, 0.4) is 0 Å². The van der Waals surface area contributed by atoms with Gasteiger partial charge in [-0.25, -0.2) is 4.39 Å². The summed E-state index contributed by atoms with van der Waals surface area (Å²) in [6.07, 6.45) is 4.07. The number of hydrogen-bond acceptors (Lipinski definition) is 2. The molecule has 2 aliphatic rings. The molecule has 0 radical (unpaired) electrons. The second-order valence-corrected chi connectivity index (χ2v) is 6.11. The molecule has 2 fully saturated rings. The summed E-state index contributed by atoms with van der Waals surface area (Å²) in [5.41, 5.74) is 0.577. The molecule has 1 heterocycles. The number of benzene rings is 1. The maximum absolute atomic E-state index is 14.1. The Kier molecular flexibility index (Phi) is 3.79. The van der Waals surface area contributed by atoms with Gasteiger partial charge in [-0.3, -0.25) is 0 Å². The Morgan fingerprint density at radius 3 is 2.68 bits per heavy atom. The molecule has 3 rings (SSSR count). The molecule has 3 unspecified atom stereocenters. The molecule has 0 bridgehead atoms. The normalized spacial score (nSPS) is 34.9. The number of aliphatic hydroxyl groups excluding tert-OH is 1. The minimum Gasteiger partial charge on any atom is -0.392 e. The van der Waals surface area contributed by atoms with E-state index < -0.39 is 0 Å². The predicted molar refractivity (Wildman–Crippen MR) is 73.6 cm³/mol. The number of β-amino-alcohol motifs (C(OH)–C–C–N with tert-alkyl or cyclic N) is 1. The number of fused-ring (bicyclic) bond motifs is 1. The van der Waals surface area contributed by atoms with Crippen LogP contribution < -0.4 is 5.32 Å². The maximum Gasteiger partial charge on any atom is 0.129 e. The van der Waals surface area contributed by atoms with Crippen LogP contribution in [0, 0.1) is 17.7 Å². The van der Waals surface area contributed by atoms with E-state index in [9.17, 15) is 9.50 Å². The Bertz CT molecular complexity index is 447. The van der Waals surface area contributed by atoms with Crippen molar-refractivity contribution in [3.63, 3.8) is 0 Å². The smallest absolute Gasteiger partial charge is 0.129 e. The molecule has 2 nitrogen and oxygen atoms in total.